The molecule has 0 aromatic heterocycles. The average molecular weight is 355 g/mol. The third-order valence-corrected chi connectivity index (χ3v) is 6.07. The molecule has 2 amide bonds. The summed E-state index contributed by atoms with van der Waals surface area (Å²) in [5.74, 6) is 0.942. The molecule has 1 aromatic carbocycles. The molecule has 0 aliphatic carbocycles. The highest BCUT2D eigenvalue weighted by Gasteiger charge is 2.34. The Kier molecular flexibility index (Phi) is 5.25. The van der Waals surface area contributed by atoms with Gasteiger partial charge in [0.05, 0.1) is 0 Å². The van der Waals surface area contributed by atoms with Crippen molar-refractivity contribution in [2.45, 2.75) is 70.1 Å². The zero-order valence-electron chi connectivity index (χ0n) is 15.4. The van der Waals surface area contributed by atoms with Crippen LogP contribution in [0.1, 0.15) is 56.1 Å². The molecule has 3 saturated heterocycles. The van der Waals surface area contributed by atoms with E-state index in [0.29, 0.717) is 43.9 Å². The van der Waals surface area contributed by atoms with Crippen LogP contribution in [-0.4, -0.2) is 35.3 Å². The normalized spacial score (nSPS) is 27.8. The summed E-state index contributed by atoms with van der Waals surface area (Å²) < 4.78 is 0. The Morgan fingerprint density at radius 2 is 1.96 bits per heavy atom. The number of likely N-dealkylation sites (tertiary alicyclic amines) is 1. The van der Waals surface area contributed by atoms with Crippen molar-refractivity contribution in [3.63, 3.8) is 0 Å². The van der Waals surface area contributed by atoms with Crippen molar-refractivity contribution >= 4 is 11.8 Å². The molecule has 5 heteroatoms. The summed E-state index contributed by atoms with van der Waals surface area (Å²) in [5.41, 5.74) is 2.25. The monoisotopic (exact) mass is 355 g/mol. The standard InChI is InChI=1S/C21H29N3O2/c25-20(12-17-10-18-6-7-19(11-17)23-18)22-13-15-3-1-4-16(9-15)14-24-8-2-5-21(24)26/h1,3-4,9,17-19,23H,2,5-8,10-14H2,(H,22,25). The Hall–Kier alpha value is -1.88. The lowest BCUT2D eigenvalue weighted by Crippen LogP contribution is -2.39. The van der Waals surface area contributed by atoms with Crippen LogP contribution >= 0.6 is 0 Å². The van der Waals surface area contributed by atoms with Crippen molar-refractivity contribution in [2.75, 3.05) is 6.54 Å². The molecule has 0 radical (unpaired) electrons. The molecule has 3 fully saturated rings. The Balaban J connectivity index is 1.25. The first kappa shape index (κ1) is 17.5. The van der Waals surface area contributed by atoms with E-state index >= 15 is 0 Å². The summed E-state index contributed by atoms with van der Waals surface area (Å²) in [7, 11) is 0. The molecule has 1 aromatic rings. The van der Waals surface area contributed by atoms with Gasteiger partial charge in [0.2, 0.25) is 11.8 Å². The van der Waals surface area contributed by atoms with Crippen LogP contribution in [0.3, 0.4) is 0 Å². The number of carbonyl (C=O) groups is 2. The van der Waals surface area contributed by atoms with Gasteiger partial charge in [0.15, 0.2) is 0 Å². The molecule has 3 heterocycles. The summed E-state index contributed by atoms with van der Waals surface area (Å²) in [5, 5.41) is 6.72. The smallest absolute Gasteiger partial charge is 0.222 e. The van der Waals surface area contributed by atoms with E-state index < -0.39 is 0 Å². The molecule has 0 saturated carbocycles. The van der Waals surface area contributed by atoms with Crippen LogP contribution in [0.25, 0.3) is 0 Å². The van der Waals surface area contributed by atoms with Crippen LogP contribution < -0.4 is 10.6 Å². The number of nitrogens with zero attached hydrogens (tertiary/aromatic N) is 1. The molecule has 2 unspecified atom stereocenters. The van der Waals surface area contributed by atoms with Crippen molar-refractivity contribution in [3.05, 3.63) is 35.4 Å². The lowest BCUT2D eigenvalue weighted by molar-refractivity contribution is -0.128. The minimum atomic E-state index is 0.163. The number of carbonyl (C=O) groups excluding carboxylic acids is 2. The fourth-order valence-corrected chi connectivity index (χ4v) is 4.81. The fraction of sp³-hybridized carbons (Fsp3) is 0.619. The van der Waals surface area contributed by atoms with Crippen molar-refractivity contribution in [1.82, 2.24) is 15.5 Å². The minimum Gasteiger partial charge on any atom is -0.352 e. The second kappa shape index (κ2) is 7.78. The predicted molar refractivity (Wildman–Crippen MR) is 100 cm³/mol. The van der Waals surface area contributed by atoms with E-state index in [9.17, 15) is 9.59 Å². The maximum atomic E-state index is 12.3. The number of benzene rings is 1. The van der Waals surface area contributed by atoms with E-state index in [-0.39, 0.29) is 11.8 Å². The second-order valence-electron chi connectivity index (χ2n) is 8.19. The molecule has 5 nitrogen and oxygen atoms in total. The first-order chi connectivity index (χ1) is 12.7. The summed E-state index contributed by atoms with van der Waals surface area (Å²) in [6.07, 6.45) is 7.12. The Morgan fingerprint density at radius 1 is 1.19 bits per heavy atom. The number of amides is 2. The maximum absolute atomic E-state index is 12.3. The first-order valence-corrected chi connectivity index (χ1v) is 10.0. The molecular weight excluding hydrogens is 326 g/mol. The highest BCUT2D eigenvalue weighted by atomic mass is 16.2. The van der Waals surface area contributed by atoms with Gasteiger partial charge in [-0.05, 0) is 49.1 Å². The van der Waals surface area contributed by atoms with Crippen LogP contribution in [0.15, 0.2) is 24.3 Å². The quantitative estimate of drug-likeness (QED) is 0.823. The molecule has 2 bridgehead atoms. The lowest BCUT2D eigenvalue weighted by Gasteiger charge is -2.28. The predicted octanol–water partition coefficient (Wildman–Crippen LogP) is 2.35. The van der Waals surface area contributed by atoms with E-state index in [1.165, 1.54) is 12.8 Å². The summed E-state index contributed by atoms with van der Waals surface area (Å²) in [4.78, 5) is 26.0. The molecule has 140 valence electrons. The molecule has 3 aliphatic heterocycles. The van der Waals surface area contributed by atoms with E-state index in [1.54, 1.807) is 0 Å². The van der Waals surface area contributed by atoms with Gasteiger partial charge >= 0.3 is 0 Å². The third-order valence-electron chi connectivity index (χ3n) is 6.07. The van der Waals surface area contributed by atoms with E-state index in [4.69, 9.17) is 0 Å². The number of hydrogen-bond donors (Lipinski definition) is 2. The van der Waals surface area contributed by atoms with Gasteiger partial charge < -0.3 is 15.5 Å². The van der Waals surface area contributed by atoms with Crippen molar-refractivity contribution in [1.29, 1.82) is 0 Å². The molecule has 3 aliphatic rings. The topological polar surface area (TPSA) is 61.4 Å². The van der Waals surface area contributed by atoms with E-state index in [0.717, 1.165) is 36.9 Å². The van der Waals surface area contributed by atoms with E-state index in [1.807, 2.05) is 17.0 Å². The summed E-state index contributed by atoms with van der Waals surface area (Å²) >= 11 is 0. The zero-order valence-corrected chi connectivity index (χ0v) is 15.4. The van der Waals surface area contributed by atoms with Gasteiger partial charge in [0.25, 0.3) is 0 Å². The Morgan fingerprint density at radius 3 is 2.69 bits per heavy atom. The van der Waals surface area contributed by atoms with Crippen molar-refractivity contribution in [2.24, 2.45) is 5.92 Å². The third kappa shape index (κ3) is 4.26. The molecular formula is C21H29N3O2. The van der Waals surface area contributed by atoms with Gasteiger partial charge in [-0.3, -0.25) is 9.59 Å². The highest BCUT2D eigenvalue weighted by molar-refractivity contribution is 5.78. The van der Waals surface area contributed by atoms with Crippen LogP contribution in [0.5, 0.6) is 0 Å². The molecule has 0 spiro atoms. The largest absolute Gasteiger partial charge is 0.352 e. The second-order valence-corrected chi connectivity index (χ2v) is 8.19. The van der Waals surface area contributed by atoms with Crippen molar-refractivity contribution < 1.29 is 9.59 Å². The SMILES string of the molecule is O=C(CC1CC2CCC(C1)N2)NCc1cccc(CN2CCCC2=O)c1. The van der Waals surface area contributed by atoms with Gasteiger partial charge in [-0.15, -0.1) is 0 Å². The van der Waals surface area contributed by atoms with E-state index in [2.05, 4.69) is 22.8 Å². The molecule has 26 heavy (non-hydrogen) atoms. The van der Waals surface area contributed by atoms with Gasteiger partial charge in [-0.1, -0.05) is 24.3 Å². The van der Waals surface area contributed by atoms with Crippen LogP contribution in [0.2, 0.25) is 0 Å². The van der Waals surface area contributed by atoms with Gasteiger partial charge in [0.1, 0.15) is 0 Å². The number of fused-ring (bicyclic) bond motifs is 2. The summed E-state index contributed by atoms with van der Waals surface area (Å²) in [6, 6.07) is 9.49. The Bertz CT molecular complexity index is 663. The fourth-order valence-electron chi connectivity index (χ4n) is 4.81. The molecule has 2 N–H and O–H groups in total. The molecule has 4 rings (SSSR count). The first-order valence-electron chi connectivity index (χ1n) is 10.0. The molecule has 2 atom stereocenters. The van der Waals surface area contributed by atoms with Crippen LogP contribution in [-0.2, 0) is 22.7 Å². The highest BCUT2D eigenvalue weighted by Crippen LogP contribution is 2.32. The van der Waals surface area contributed by atoms with Crippen LogP contribution in [0.4, 0.5) is 0 Å². The van der Waals surface area contributed by atoms with Crippen molar-refractivity contribution in [3.8, 4) is 0 Å². The summed E-state index contributed by atoms with van der Waals surface area (Å²) in [6.45, 7) is 2.11. The minimum absolute atomic E-state index is 0.163. The van der Waals surface area contributed by atoms with Gasteiger partial charge in [-0.2, -0.15) is 0 Å². The van der Waals surface area contributed by atoms with Gasteiger partial charge in [0, 0.05) is 44.6 Å². The average Bonchev–Trinajstić information content (AvgIpc) is 3.18. The number of hydrogen-bond acceptors (Lipinski definition) is 3. The van der Waals surface area contributed by atoms with Gasteiger partial charge in [-0.25, -0.2) is 0 Å². The lowest BCUT2D eigenvalue weighted by atomic mass is 9.89. The zero-order chi connectivity index (χ0) is 17.9. The maximum Gasteiger partial charge on any atom is 0.222 e. The number of rotatable bonds is 6. The number of piperidine rings is 1. The van der Waals surface area contributed by atoms with Crippen LogP contribution in [0, 0.1) is 5.92 Å². The number of nitrogens with one attached hydrogen (secondary N) is 2. The Labute approximate surface area is 155 Å².